The SMILES string of the molecule is Cc1ccc(O[C@@H](C)C(=O)NCCOc2cccc3ccccc23)c(C)c1. The highest BCUT2D eigenvalue weighted by Crippen LogP contribution is 2.25. The maximum atomic E-state index is 12.3. The van der Waals surface area contributed by atoms with Crippen LogP contribution in [0.3, 0.4) is 0 Å². The van der Waals surface area contributed by atoms with Crippen LogP contribution in [0.1, 0.15) is 18.1 Å². The van der Waals surface area contributed by atoms with E-state index in [0.29, 0.717) is 13.2 Å². The minimum atomic E-state index is -0.566. The summed E-state index contributed by atoms with van der Waals surface area (Å²) in [6.45, 7) is 6.58. The summed E-state index contributed by atoms with van der Waals surface area (Å²) < 4.78 is 11.6. The van der Waals surface area contributed by atoms with E-state index in [-0.39, 0.29) is 5.91 Å². The van der Waals surface area contributed by atoms with E-state index in [1.165, 1.54) is 5.56 Å². The Kier molecular flexibility index (Phi) is 5.97. The lowest BCUT2D eigenvalue weighted by atomic mass is 10.1. The van der Waals surface area contributed by atoms with E-state index < -0.39 is 6.10 Å². The van der Waals surface area contributed by atoms with Crippen molar-refractivity contribution in [3.8, 4) is 11.5 Å². The van der Waals surface area contributed by atoms with Crippen molar-refractivity contribution >= 4 is 16.7 Å². The molecule has 0 radical (unpaired) electrons. The molecule has 27 heavy (non-hydrogen) atoms. The molecule has 0 aliphatic rings. The van der Waals surface area contributed by atoms with Gasteiger partial charge in [-0.1, -0.05) is 54.1 Å². The highest BCUT2D eigenvalue weighted by Gasteiger charge is 2.15. The molecule has 0 fully saturated rings. The Morgan fingerprint density at radius 3 is 2.59 bits per heavy atom. The second-order valence-corrected chi connectivity index (χ2v) is 6.65. The first-order valence-electron chi connectivity index (χ1n) is 9.17. The molecule has 0 aliphatic heterocycles. The largest absolute Gasteiger partial charge is 0.491 e. The Bertz CT molecular complexity index is 931. The van der Waals surface area contributed by atoms with Crippen molar-refractivity contribution in [1.82, 2.24) is 5.32 Å². The highest BCUT2D eigenvalue weighted by molar-refractivity contribution is 5.88. The summed E-state index contributed by atoms with van der Waals surface area (Å²) in [5.41, 5.74) is 2.19. The maximum Gasteiger partial charge on any atom is 0.260 e. The molecule has 4 heteroatoms. The Morgan fingerprint density at radius 2 is 1.78 bits per heavy atom. The van der Waals surface area contributed by atoms with Crippen LogP contribution in [-0.2, 0) is 4.79 Å². The van der Waals surface area contributed by atoms with Gasteiger partial charge in [-0.15, -0.1) is 0 Å². The molecule has 1 amide bonds. The third-order valence-corrected chi connectivity index (χ3v) is 4.41. The standard InChI is InChI=1S/C23H25NO3/c1-16-11-12-21(17(2)15-16)27-18(3)23(25)24-13-14-26-22-10-6-8-19-7-4-5-9-20(19)22/h4-12,15,18H,13-14H2,1-3H3,(H,24,25)/t18-/m0/s1. The zero-order chi connectivity index (χ0) is 19.2. The number of benzene rings is 3. The van der Waals surface area contributed by atoms with Gasteiger partial charge in [-0.3, -0.25) is 4.79 Å². The fourth-order valence-corrected chi connectivity index (χ4v) is 2.98. The molecule has 0 aromatic heterocycles. The van der Waals surface area contributed by atoms with Crippen molar-refractivity contribution < 1.29 is 14.3 Å². The molecule has 3 aromatic carbocycles. The van der Waals surface area contributed by atoms with E-state index in [0.717, 1.165) is 27.8 Å². The van der Waals surface area contributed by atoms with Crippen LogP contribution in [0.2, 0.25) is 0 Å². The van der Waals surface area contributed by atoms with Gasteiger partial charge in [-0.05, 0) is 43.9 Å². The van der Waals surface area contributed by atoms with E-state index in [2.05, 4.69) is 17.4 Å². The van der Waals surface area contributed by atoms with Crippen molar-refractivity contribution in [2.45, 2.75) is 26.9 Å². The number of hydrogen-bond donors (Lipinski definition) is 1. The molecule has 0 aliphatic carbocycles. The van der Waals surface area contributed by atoms with Crippen LogP contribution >= 0.6 is 0 Å². The van der Waals surface area contributed by atoms with Crippen molar-refractivity contribution in [2.24, 2.45) is 0 Å². The number of hydrogen-bond acceptors (Lipinski definition) is 3. The molecule has 4 nitrogen and oxygen atoms in total. The van der Waals surface area contributed by atoms with Gasteiger partial charge in [-0.25, -0.2) is 0 Å². The predicted octanol–water partition coefficient (Wildman–Crippen LogP) is 4.42. The first-order valence-corrected chi connectivity index (χ1v) is 9.17. The molecule has 0 bridgehead atoms. The van der Waals surface area contributed by atoms with Crippen LogP contribution < -0.4 is 14.8 Å². The maximum absolute atomic E-state index is 12.3. The Labute approximate surface area is 160 Å². The minimum absolute atomic E-state index is 0.156. The number of rotatable bonds is 7. The Hall–Kier alpha value is -3.01. The van der Waals surface area contributed by atoms with Crippen LogP contribution in [0.4, 0.5) is 0 Å². The van der Waals surface area contributed by atoms with Crippen LogP contribution in [0.5, 0.6) is 11.5 Å². The lowest BCUT2D eigenvalue weighted by Gasteiger charge is -2.17. The van der Waals surface area contributed by atoms with Gasteiger partial charge in [0.25, 0.3) is 5.91 Å². The summed E-state index contributed by atoms with van der Waals surface area (Å²) >= 11 is 0. The topological polar surface area (TPSA) is 47.6 Å². The van der Waals surface area contributed by atoms with Crippen LogP contribution in [0.15, 0.2) is 60.7 Å². The Balaban J connectivity index is 1.49. The van der Waals surface area contributed by atoms with Gasteiger partial charge in [0, 0.05) is 5.39 Å². The zero-order valence-corrected chi connectivity index (χ0v) is 16.0. The summed E-state index contributed by atoms with van der Waals surface area (Å²) in [6, 6.07) is 20.0. The summed E-state index contributed by atoms with van der Waals surface area (Å²) in [4.78, 5) is 12.3. The van der Waals surface area contributed by atoms with Gasteiger partial charge in [0.2, 0.25) is 0 Å². The number of aryl methyl sites for hydroxylation is 2. The lowest BCUT2D eigenvalue weighted by molar-refractivity contribution is -0.127. The van der Waals surface area contributed by atoms with Crippen molar-refractivity contribution in [3.63, 3.8) is 0 Å². The molecule has 1 N–H and O–H groups in total. The second-order valence-electron chi connectivity index (χ2n) is 6.65. The molecule has 3 aromatic rings. The monoisotopic (exact) mass is 363 g/mol. The molecule has 0 heterocycles. The normalized spacial score (nSPS) is 11.8. The van der Waals surface area contributed by atoms with Gasteiger partial charge in [0.15, 0.2) is 6.10 Å². The van der Waals surface area contributed by atoms with Crippen LogP contribution in [0.25, 0.3) is 10.8 Å². The number of amides is 1. The molecular formula is C23H25NO3. The average molecular weight is 363 g/mol. The molecular weight excluding hydrogens is 338 g/mol. The second kappa shape index (κ2) is 8.58. The first kappa shape index (κ1) is 18.8. The van der Waals surface area contributed by atoms with Gasteiger partial charge in [-0.2, -0.15) is 0 Å². The predicted molar refractivity (Wildman–Crippen MR) is 108 cm³/mol. The van der Waals surface area contributed by atoms with Crippen molar-refractivity contribution in [3.05, 3.63) is 71.8 Å². The first-order chi connectivity index (χ1) is 13.0. The molecule has 0 unspecified atom stereocenters. The Morgan fingerprint density at radius 1 is 1.00 bits per heavy atom. The van der Waals surface area contributed by atoms with E-state index in [4.69, 9.17) is 9.47 Å². The molecule has 0 saturated heterocycles. The van der Waals surface area contributed by atoms with Gasteiger partial charge in [0.05, 0.1) is 6.54 Å². The van der Waals surface area contributed by atoms with E-state index in [9.17, 15) is 4.79 Å². The van der Waals surface area contributed by atoms with Crippen LogP contribution in [-0.4, -0.2) is 25.2 Å². The van der Waals surface area contributed by atoms with Crippen molar-refractivity contribution in [1.29, 1.82) is 0 Å². The molecule has 1 atom stereocenters. The number of carbonyl (C=O) groups is 1. The summed E-state index contributed by atoms with van der Waals surface area (Å²) in [5.74, 6) is 1.40. The number of fused-ring (bicyclic) bond motifs is 1. The van der Waals surface area contributed by atoms with Gasteiger partial charge < -0.3 is 14.8 Å². The number of nitrogens with one attached hydrogen (secondary N) is 1. The van der Waals surface area contributed by atoms with Crippen LogP contribution in [0, 0.1) is 13.8 Å². The average Bonchev–Trinajstić information content (AvgIpc) is 2.67. The van der Waals surface area contributed by atoms with E-state index in [1.54, 1.807) is 6.92 Å². The molecule has 3 rings (SSSR count). The van der Waals surface area contributed by atoms with E-state index in [1.807, 2.05) is 62.4 Å². The summed E-state index contributed by atoms with van der Waals surface area (Å²) in [6.07, 6.45) is -0.566. The van der Waals surface area contributed by atoms with E-state index >= 15 is 0 Å². The molecule has 140 valence electrons. The number of carbonyl (C=O) groups excluding carboxylic acids is 1. The van der Waals surface area contributed by atoms with Crippen molar-refractivity contribution in [2.75, 3.05) is 13.2 Å². The smallest absolute Gasteiger partial charge is 0.260 e. The zero-order valence-electron chi connectivity index (χ0n) is 16.0. The fraction of sp³-hybridized carbons (Fsp3) is 0.261. The highest BCUT2D eigenvalue weighted by atomic mass is 16.5. The molecule has 0 saturated carbocycles. The van der Waals surface area contributed by atoms with Gasteiger partial charge >= 0.3 is 0 Å². The third-order valence-electron chi connectivity index (χ3n) is 4.41. The minimum Gasteiger partial charge on any atom is -0.491 e. The quantitative estimate of drug-likeness (QED) is 0.632. The number of ether oxygens (including phenoxy) is 2. The summed E-state index contributed by atoms with van der Waals surface area (Å²) in [7, 11) is 0. The summed E-state index contributed by atoms with van der Waals surface area (Å²) in [5, 5.41) is 5.06. The third kappa shape index (κ3) is 4.79. The fourth-order valence-electron chi connectivity index (χ4n) is 2.98. The van der Waals surface area contributed by atoms with Gasteiger partial charge in [0.1, 0.15) is 18.1 Å². The lowest BCUT2D eigenvalue weighted by Crippen LogP contribution is -2.38. The molecule has 0 spiro atoms.